The Morgan fingerprint density at radius 3 is 0.793 bits per heavy atom. The highest BCUT2D eigenvalue weighted by Gasteiger charge is 2.39. The lowest BCUT2D eigenvalue weighted by Gasteiger charge is -2.29. The molecule has 3 aliphatic rings. The number of hydrogen-bond acceptors (Lipinski definition) is 2. The summed E-state index contributed by atoms with van der Waals surface area (Å²) in [4.78, 5) is 4.87. The van der Waals surface area contributed by atoms with Crippen LogP contribution in [0.3, 0.4) is 0 Å². The lowest BCUT2D eigenvalue weighted by Crippen LogP contribution is -2.17. The Hall–Kier alpha value is -9.76. The summed E-state index contributed by atoms with van der Waals surface area (Å²) in [5, 5.41) is 4.96. The van der Waals surface area contributed by atoms with Crippen molar-refractivity contribution in [2.24, 2.45) is 0 Å². The maximum Gasteiger partial charge on any atom is 0.0468 e. The van der Waals surface area contributed by atoms with Gasteiger partial charge in [0.1, 0.15) is 0 Å². The zero-order valence-corrected chi connectivity index (χ0v) is 51.6. The Kier molecular flexibility index (Phi) is 12.5. The van der Waals surface area contributed by atoms with Gasteiger partial charge in [-0.25, -0.2) is 0 Å². The fraction of sp³-hybridized carbons (Fsp3) is 0.153. The Balaban J connectivity index is 0.670. The first kappa shape index (κ1) is 53.9. The molecule has 0 radical (unpaired) electrons. The predicted molar refractivity (Wildman–Crippen MR) is 373 cm³/mol. The molecule has 0 heterocycles. The molecule has 0 bridgehead atoms. The third-order valence-electron chi connectivity index (χ3n) is 19.5. The fourth-order valence-electron chi connectivity index (χ4n) is 15.0. The quantitative estimate of drug-likeness (QED) is 0.126. The van der Waals surface area contributed by atoms with Gasteiger partial charge in [0, 0.05) is 50.4 Å². The van der Waals surface area contributed by atoms with Gasteiger partial charge in [-0.3, -0.25) is 0 Å². The van der Waals surface area contributed by atoms with Crippen molar-refractivity contribution in [1.29, 1.82) is 0 Å². The van der Waals surface area contributed by atoms with E-state index in [2.05, 4.69) is 334 Å². The highest BCUT2D eigenvalue weighted by Crippen LogP contribution is 2.54. The standard InChI is InChI=1S/C85H72N2/c1-53-39-54(2)42-69(41-53)86(65-29-27-61-15-11-13-17-63(61)49-65)67-31-37-75-73-35-25-59(47-79(73)84(7,8)81(75)51-67)21-19-57-23-33-71-72-34-24-58(46-78(72)83(5,6)77(71)45-57)20-22-60-26-36-74-76-38-32-68(52-82(76)85(9,10)80(74)48-60)87(70-43-55(3)40-56(4)44-70)66-30-28-62-16-12-14-18-64(62)50-66/h11-52H,1-10H3. The minimum atomic E-state index is -0.194. The van der Waals surface area contributed by atoms with Crippen LogP contribution in [-0.2, 0) is 16.2 Å². The van der Waals surface area contributed by atoms with Gasteiger partial charge in [-0.05, 0) is 233 Å². The first-order valence-electron chi connectivity index (χ1n) is 30.9. The van der Waals surface area contributed by atoms with Crippen LogP contribution in [0.5, 0.6) is 0 Å². The molecule has 2 nitrogen and oxygen atoms in total. The van der Waals surface area contributed by atoms with E-state index in [9.17, 15) is 0 Å². The van der Waals surface area contributed by atoms with E-state index in [0.29, 0.717) is 0 Å². The van der Waals surface area contributed by atoms with Gasteiger partial charge in [-0.2, -0.15) is 0 Å². The summed E-state index contributed by atoms with van der Waals surface area (Å²) < 4.78 is 0. The molecule has 0 amide bonds. The summed E-state index contributed by atoms with van der Waals surface area (Å²) in [6.45, 7) is 23.1. The van der Waals surface area contributed by atoms with E-state index < -0.39 is 0 Å². The van der Waals surface area contributed by atoms with Crippen LogP contribution in [0.4, 0.5) is 34.1 Å². The molecule has 12 aromatic carbocycles. The molecular weight excluding hydrogens is 1050 g/mol. The molecule has 0 aliphatic heterocycles. The Morgan fingerprint density at radius 1 is 0.230 bits per heavy atom. The van der Waals surface area contributed by atoms with Crippen LogP contribution in [0.1, 0.15) is 119 Å². The first-order valence-corrected chi connectivity index (χ1v) is 30.9. The van der Waals surface area contributed by atoms with Crippen LogP contribution in [0.15, 0.2) is 231 Å². The van der Waals surface area contributed by atoms with E-state index in [1.165, 1.54) is 156 Å². The van der Waals surface area contributed by atoms with Gasteiger partial charge in [-0.1, -0.05) is 224 Å². The van der Waals surface area contributed by atoms with Gasteiger partial charge in [0.25, 0.3) is 0 Å². The highest BCUT2D eigenvalue weighted by molar-refractivity contribution is 5.94. The molecule has 0 N–H and O–H groups in total. The first-order chi connectivity index (χ1) is 41.9. The third kappa shape index (κ3) is 9.15. The maximum atomic E-state index is 2.44. The monoisotopic (exact) mass is 1120 g/mol. The van der Waals surface area contributed by atoms with E-state index in [0.717, 1.165) is 11.4 Å². The largest absolute Gasteiger partial charge is 0.310 e. The lowest BCUT2D eigenvalue weighted by molar-refractivity contribution is 0.660. The summed E-state index contributed by atoms with van der Waals surface area (Å²) in [6, 6.07) is 87.2. The minimum Gasteiger partial charge on any atom is -0.310 e. The van der Waals surface area contributed by atoms with Gasteiger partial charge >= 0.3 is 0 Å². The molecular formula is C85H72N2. The van der Waals surface area contributed by atoms with E-state index in [4.69, 9.17) is 0 Å². The van der Waals surface area contributed by atoms with Crippen molar-refractivity contribution in [1.82, 2.24) is 0 Å². The van der Waals surface area contributed by atoms with E-state index in [1.54, 1.807) is 0 Å². The number of aryl methyl sites for hydroxylation is 4. The van der Waals surface area contributed by atoms with Gasteiger partial charge < -0.3 is 9.80 Å². The van der Waals surface area contributed by atoms with Crippen LogP contribution in [0.25, 0.3) is 79.2 Å². The van der Waals surface area contributed by atoms with Crippen molar-refractivity contribution >= 4 is 80.0 Å². The second-order valence-corrected chi connectivity index (χ2v) is 26.6. The highest BCUT2D eigenvalue weighted by atomic mass is 15.1. The molecule has 2 heteroatoms. The molecule has 0 unspecified atom stereocenters. The number of fused-ring (bicyclic) bond motifs is 11. The number of benzene rings is 12. The molecule has 0 atom stereocenters. The number of anilines is 6. The van der Waals surface area contributed by atoms with Crippen molar-refractivity contribution < 1.29 is 0 Å². The number of rotatable bonds is 10. The number of hydrogen-bond donors (Lipinski definition) is 0. The summed E-state index contributed by atoms with van der Waals surface area (Å²) in [7, 11) is 0. The Bertz CT molecular complexity index is 4550. The maximum absolute atomic E-state index is 2.44. The van der Waals surface area contributed by atoms with Crippen LogP contribution in [0.2, 0.25) is 0 Å². The molecule has 87 heavy (non-hydrogen) atoms. The molecule has 3 aliphatic carbocycles. The van der Waals surface area contributed by atoms with Crippen LogP contribution < -0.4 is 9.80 Å². The van der Waals surface area contributed by atoms with Crippen molar-refractivity contribution in [3.05, 3.63) is 308 Å². The van der Waals surface area contributed by atoms with Gasteiger partial charge in [0.2, 0.25) is 0 Å². The molecule has 12 aromatic rings. The smallest absolute Gasteiger partial charge is 0.0468 e. The van der Waals surface area contributed by atoms with Crippen molar-refractivity contribution in [3.63, 3.8) is 0 Å². The molecule has 0 fully saturated rings. The van der Waals surface area contributed by atoms with Gasteiger partial charge in [0.15, 0.2) is 0 Å². The van der Waals surface area contributed by atoms with Gasteiger partial charge in [-0.15, -0.1) is 0 Å². The molecule has 15 rings (SSSR count). The lowest BCUT2D eigenvalue weighted by atomic mass is 9.81. The van der Waals surface area contributed by atoms with Crippen LogP contribution >= 0.6 is 0 Å². The van der Waals surface area contributed by atoms with E-state index >= 15 is 0 Å². The summed E-state index contributed by atoms with van der Waals surface area (Å²) in [6.07, 6.45) is 9.21. The Morgan fingerprint density at radius 2 is 0.483 bits per heavy atom. The minimum absolute atomic E-state index is 0.160. The van der Waals surface area contributed by atoms with E-state index in [-0.39, 0.29) is 16.2 Å². The molecule has 0 saturated heterocycles. The van der Waals surface area contributed by atoms with Crippen molar-refractivity contribution in [2.45, 2.75) is 85.5 Å². The van der Waals surface area contributed by atoms with Crippen LogP contribution in [-0.4, -0.2) is 0 Å². The Labute approximate surface area is 514 Å². The number of nitrogens with zero attached hydrogens (tertiary/aromatic N) is 2. The topological polar surface area (TPSA) is 6.48 Å². The normalized spacial score (nSPS) is 14.5. The predicted octanol–water partition coefficient (Wildman–Crippen LogP) is 23.4. The zero-order valence-electron chi connectivity index (χ0n) is 51.6. The third-order valence-corrected chi connectivity index (χ3v) is 19.5. The second kappa shape index (κ2) is 20.2. The zero-order chi connectivity index (χ0) is 59.7. The molecule has 0 saturated carbocycles. The van der Waals surface area contributed by atoms with Crippen LogP contribution in [0, 0.1) is 27.7 Å². The second-order valence-electron chi connectivity index (χ2n) is 26.6. The summed E-state index contributed by atoms with van der Waals surface area (Å²) in [5.41, 5.74) is 32.4. The fourth-order valence-corrected chi connectivity index (χ4v) is 15.0. The average molecular weight is 1120 g/mol. The molecule has 0 aromatic heterocycles. The molecule has 0 spiro atoms. The summed E-state index contributed by atoms with van der Waals surface area (Å²) in [5.74, 6) is 0. The van der Waals surface area contributed by atoms with Gasteiger partial charge in [0.05, 0.1) is 0 Å². The molecule has 422 valence electrons. The SMILES string of the molecule is Cc1cc(C)cc(N(c2ccc3c(c2)C(C)(C)c2cc(C=Cc4ccc5c(c4)C(C)(C)c4cc(C=Cc6ccc7c(c6)C(C)(C)c6cc(N(c8cc(C)cc(C)c8)c8ccc9ccccc9c8)ccc6-7)ccc4-5)ccc2-3)c2ccc3ccccc3c2)c1. The summed E-state index contributed by atoms with van der Waals surface area (Å²) >= 11 is 0. The average Bonchev–Trinajstić information content (AvgIpc) is 1.75. The van der Waals surface area contributed by atoms with Crippen molar-refractivity contribution in [2.75, 3.05) is 9.80 Å². The van der Waals surface area contributed by atoms with Crippen molar-refractivity contribution in [3.8, 4) is 33.4 Å². The van der Waals surface area contributed by atoms with E-state index in [1.807, 2.05) is 0 Å².